The van der Waals surface area contributed by atoms with Crippen LogP contribution in [0.4, 0.5) is 0 Å². The number of hydrogen-bond donors (Lipinski definition) is 0. The Balaban J connectivity index is 2.13. The third kappa shape index (κ3) is 0.500. The van der Waals surface area contributed by atoms with E-state index in [1.807, 2.05) is 0 Å². The minimum Gasteiger partial charge on any atom is -0.0648 e. The van der Waals surface area contributed by atoms with Gasteiger partial charge in [-0.3, -0.25) is 0 Å². The fourth-order valence-corrected chi connectivity index (χ4v) is 2.46. The van der Waals surface area contributed by atoms with Gasteiger partial charge in [0.15, 0.2) is 0 Å². The van der Waals surface area contributed by atoms with Crippen LogP contribution in [-0.2, 0) is 0 Å². The molecule has 0 aromatic carbocycles. The summed E-state index contributed by atoms with van der Waals surface area (Å²) in [6.07, 6.45) is 7.53. The number of hydrogen-bond acceptors (Lipinski definition) is 0. The van der Waals surface area contributed by atoms with E-state index in [0.717, 1.165) is 10.8 Å². The molecule has 2 aliphatic rings. The maximum absolute atomic E-state index is 2.48. The van der Waals surface area contributed by atoms with Gasteiger partial charge in [0.1, 0.15) is 0 Å². The van der Waals surface area contributed by atoms with Crippen molar-refractivity contribution < 1.29 is 0 Å². The first-order valence-electron chi connectivity index (χ1n) is 4.22. The summed E-state index contributed by atoms with van der Waals surface area (Å²) < 4.78 is 0. The molecule has 0 bridgehead atoms. The van der Waals surface area contributed by atoms with Crippen molar-refractivity contribution in [2.45, 2.75) is 46.0 Å². The van der Waals surface area contributed by atoms with Gasteiger partial charge in [-0.2, -0.15) is 0 Å². The zero-order valence-electron chi connectivity index (χ0n) is 6.54. The molecule has 52 valence electrons. The summed E-state index contributed by atoms with van der Waals surface area (Å²) in [5, 5.41) is 0. The Bertz CT molecular complexity index is 129. The monoisotopic (exact) mass is 124 g/mol. The molecule has 2 rings (SSSR count). The Hall–Kier alpha value is 0. The van der Waals surface area contributed by atoms with Crippen LogP contribution in [0.15, 0.2) is 0 Å². The smallest absolute Gasteiger partial charge is 0.0243 e. The Kier molecular flexibility index (Phi) is 0.868. The Morgan fingerprint density at radius 1 is 1.11 bits per heavy atom. The Morgan fingerprint density at radius 3 is 1.78 bits per heavy atom. The lowest BCUT2D eigenvalue weighted by Gasteiger charge is -2.48. The number of rotatable bonds is 1. The molecule has 0 amide bonds. The second-order valence-corrected chi connectivity index (χ2v) is 4.19. The molecule has 0 N–H and O–H groups in total. The van der Waals surface area contributed by atoms with Crippen molar-refractivity contribution in [2.24, 2.45) is 10.8 Å². The molecule has 2 fully saturated rings. The average molecular weight is 124 g/mol. The van der Waals surface area contributed by atoms with Gasteiger partial charge in [0.2, 0.25) is 0 Å². The van der Waals surface area contributed by atoms with Gasteiger partial charge >= 0.3 is 0 Å². The molecule has 0 aromatic rings. The predicted molar refractivity (Wildman–Crippen MR) is 39.3 cm³/mol. The minimum atomic E-state index is 0.771. The third-order valence-electron chi connectivity index (χ3n) is 4.07. The van der Waals surface area contributed by atoms with Gasteiger partial charge in [-0.1, -0.05) is 20.3 Å². The predicted octanol–water partition coefficient (Wildman–Crippen LogP) is 2.98. The molecule has 1 atom stereocenters. The zero-order valence-corrected chi connectivity index (χ0v) is 6.54. The molecule has 0 saturated heterocycles. The molecule has 0 nitrogen and oxygen atoms in total. The molecule has 0 radical (unpaired) electrons. The SMILES string of the molecule is CCC1(C)CCC12CC2. The van der Waals surface area contributed by atoms with Crippen molar-refractivity contribution in [3.63, 3.8) is 0 Å². The normalized spacial score (nSPS) is 44.7. The van der Waals surface area contributed by atoms with E-state index in [9.17, 15) is 0 Å². The minimum absolute atomic E-state index is 0.771. The van der Waals surface area contributed by atoms with Gasteiger partial charge < -0.3 is 0 Å². The molecule has 1 spiro atoms. The molecule has 0 heterocycles. The fourth-order valence-electron chi connectivity index (χ4n) is 2.46. The summed E-state index contributed by atoms with van der Waals surface area (Å²) in [6.45, 7) is 4.82. The second-order valence-electron chi connectivity index (χ2n) is 4.19. The summed E-state index contributed by atoms with van der Waals surface area (Å²) in [7, 11) is 0. The van der Waals surface area contributed by atoms with Crippen LogP contribution in [0.3, 0.4) is 0 Å². The standard InChI is InChI=1S/C9H16/c1-3-8(2)4-5-9(8)6-7-9/h3-7H2,1-2H3. The summed E-state index contributed by atoms with van der Waals surface area (Å²) in [4.78, 5) is 0. The van der Waals surface area contributed by atoms with Crippen molar-refractivity contribution in [3.05, 3.63) is 0 Å². The van der Waals surface area contributed by atoms with Crippen LogP contribution in [0.1, 0.15) is 46.0 Å². The van der Waals surface area contributed by atoms with Crippen molar-refractivity contribution in [3.8, 4) is 0 Å². The lowest BCUT2D eigenvalue weighted by atomic mass is 9.57. The maximum Gasteiger partial charge on any atom is -0.0243 e. The van der Waals surface area contributed by atoms with Crippen molar-refractivity contribution in [1.82, 2.24) is 0 Å². The molecule has 9 heavy (non-hydrogen) atoms. The molecule has 0 aliphatic heterocycles. The molecule has 2 saturated carbocycles. The van der Waals surface area contributed by atoms with E-state index in [2.05, 4.69) is 13.8 Å². The van der Waals surface area contributed by atoms with E-state index < -0.39 is 0 Å². The van der Waals surface area contributed by atoms with Gasteiger partial charge in [-0.25, -0.2) is 0 Å². The van der Waals surface area contributed by atoms with Crippen LogP contribution in [-0.4, -0.2) is 0 Å². The van der Waals surface area contributed by atoms with Crippen LogP contribution in [0.5, 0.6) is 0 Å². The highest BCUT2D eigenvalue weighted by Gasteiger charge is 2.61. The summed E-state index contributed by atoms with van der Waals surface area (Å²) in [5.41, 5.74) is 1.65. The molecular formula is C9H16. The molecule has 0 heteroatoms. The Morgan fingerprint density at radius 2 is 1.67 bits per heavy atom. The van der Waals surface area contributed by atoms with Crippen molar-refractivity contribution in [2.75, 3.05) is 0 Å². The lowest BCUT2D eigenvalue weighted by molar-refractivity contribution is 0.0214. The maximum atomic E-state index is 2.48. The average Bonchev–Trinajstić information content (AvgIpc) is 2.63. The van der Waals surface area contributed by atoms with E-state index in [-0.39, 0.29) is 0 Å². The van der Waals surface area contributed by atoms with E-state index in [4.69, 9.17) is 0 Å². The third-order valence-corrected chi connectivity index (χ3v) is 4.07. The van der Waals surface area contributed by atoms with Crippen LogP contribution in [0, 0.1) is 10.8 Å². The highest BCUT2D eigenvalue weighted by atomic mass is 14.7. The van der Waals surface area contributed by atoms with Gasteiger partial charge in [-0.15, -0.1) is 0 Å². The van der Waals surface area contributed by atoms with Crippen molar-refractivity contribution in [1.29, 1.82) is 0 Å². The molecule has 2 aliphatic carbocycles. The van der Waals surface area contributed by atoms with Gasteiger partial charge in [0.05, 0.1) is 0 Å². The van der Waals surface area contributed by atoms with E-state index in [1.54, 1.807) is 0 Å². The van der Waals surface area contributed by atoms with Gasteiger partial charge in [0, 0.05) is 0 Å². The van der Waals surface area contributed by atoms with Gasteiger partial charge in [-0.05, 0) is 36.5 Å². The van der Waals surface area contributed by atoms with Crippen LogP contribution in [0.25, 0.3) is 0 Å². The first-order valence-corrected chi connectivity index (χ1v) is 4.22. The molecule has 1 unspecified atom stereocenters. The summed E-state index contributed by atoms with van der Waals surface area (Å²) in [5.74, 6) is 0. The summed E-state index contributed by atoms with van der Waals surface area (Å²) >= 11 is 0. The highest BCUT2D eigenvalue weighted by Crippen LogP contribution is 2.72. The van der Waals surface area contributed by atoms with E-state index >= 15 is 0 Å². The van der Waals surface area contributed by atoms with Crippen LogP contribution < -0.4 is 0 Å². The van der Waals surface area contributed by atoms with Crippen molar-refractivity contribution >= 4 is 0 Å². The fraction of sp³-hybridized carbons (Fsp3) is 1.00. The lowest BCUT2D eigenvalue weighted by Crippen LogP contribution is -2.38. The van der Waals surface area contributed by atoms with Crippen LogP contribution in [0.2, 0.25) is 0 Å². The first kappa shape index (κ1) is 5.76. The van der Waals surface area contributed by atoms with Crippen LogP contribution >= 0.6 is 0 Å². The topological polar surface area (TPSA) is 0 Å². The first-order chi connectivity index (χ1) is 4.22. The largest absolute Gasteiger partial charge is 0.0648 e. The molecular weight excluding hydrogens is 108 g/mol. The van der Waals surface area contributed by atoms with E-state index in [1.165, 1.54) is 32.1 Å². The Labute approximate surface area is 57.6 Å². The molecule has 0 aromatic heterocycles. The zero-order chi connectivity index (χ0) is 6.54. The summed E-state index contributed by atoms with van der Waals surface area (Å²) in [6, 6.07) is 0. The highest BCUT2D eigenvalue weighted by molar-refractivity contribution is 5.11. The van der Waals surface area contributed by atoms with Gasteiger partial charge in [0.25, 0.3) is 0 Å². The second kappa shape index (κ2) is 1.36. The van der Waals surface area contributed by atoms with E-state index in [0.29, 0.717) is 0 Å². The quantitative estimate of drug-likeness (QED) is 0.504.